The van der Waals surface area contributed by atoms with Gasteiger partial charge >= 0.3 is 0 Å². The zero-order valence-corrected chi connectivity index (χ0v) is 14.8. The van der Waals surface area contributed by atoms with Gasteiger partial charge in [-0.25, -0.2) is 0 Å². The SMILES string of the molecule is O=C(c1cc(-c2ccccc2)n[nH]1)N1CCC(Cc2ccccc2)CC1. The van der Waals surface area contributed by atoms with Crippen molar-refractivity contribution in [2.75, 3.05) is 13.1 Å². The summed E-state index contributed by atoms with van der Waals surface area (Å²) in [5, 5.41) is 7.21. The number of benzene rings is 2. The van der Waals surface area contributed by atoms with Gasteiger partial charge in [0.15, 0.2) is 0 Å². The van der Waals surface area contributed by atoms with Crippen LogP contribution in [0.25, 0.3) is 11.3 Å². The summed E-state index contributed by atoms with van der Waals surface area (Å²) in [6.45, 7) is 1.63. The lowest BCUT2D eigenvalue weighted by atomic mass is 9.90. The van der Waals surface area contributed by atoms with Crippen molar-refractivity contribution in [3.63, 3.8) is 0 Å². The lowest BCUT2D eigenvalue weighted by Crippen LogP contribution is -2.39. The maximum Gasteiger partial charge on any atom is 0.271 e. The van der Waals surface area contributed by atoms with Crippen LogP contribution < -0.4 is 0 Å². The summed E-state index contributed by atoms with van der Waals surface area (Å²) >= 11 is 0. The van der Waals surface area contributed by atoms with Gasteiger partial charge in [-0.1, -0.05) is 60.7 Å². The highest BCUT2D eigenvalue weighted by atomic mass is 16.2. The molecule has 4 nitrogen and oxygen atoms in total. The first kappa shape index (κ1) is 16.6. The van der Waals surface area contributed by atoms with E-state index in [1.165, 1.54) is 5.56 Å². The molecule has 0 saturated carbocycles. The summed E-state index contributed by atoms with van der Waals surface area (Å²) in [4.78, 5) is 14.7. The van der Waals surface area contributed by atoms with E-state index in [0.29, 0.717) is 11.6 Å². The van der Waals surface area contributed by atoms with Crippen molar-refractivity contribution in [2.45, 2.75) is 19.3 Å². The zero-order valence-electron chi connectivity index (χ0n) is 14.8. The molecule has 1 amide bonds. The number of piperidine rings is 1. The highest BCUT2D eigenvalue weighted by Gasteiger charge is 2.25. The van der Waals surface area contributed by atoms with Crippen LogP contribution in [0.5, 0.6) is 0 Å². The number of amides is 1. The van der Waals surface area contributed by atoms with Crippen LogP contribution in [-0.2, 0) is 6.42 Å². The lowest BCUT2D eigenvalue weighted by molar-refractivity contribution is 0.0684. The molecule has 4 rings (SSSR count). The maximum absolute atomic E-state index is 12.8. The van der Waals surface area contributed by atoms with Crippen LogP contribution in [0.15, 0.2) is 66.7 Å². The van der Waals surface area contributed by atoms with Crippen LogP contribution in [0, 0.1) is 5.92 Å². The molecule has 0 radical (unpaired) electrons. The van der Waals surface area contributed by atoms with E-state index in [9.17, 15) is 4.79 Å². The molecule has 0 bridgehead atoms. The van der Waals surface area contributed by atoms with Crippen LogP contribution in [0.4, 0.5) is 0 Å². The first-order valence-electron chi connectivity index (χ1n) is 9.23. The predicted molar refractivity (Wildman–Crippen MR) is 103 cm³/mol. The fourth-order valence-electron chi connectivity index (χ4n) is 3.65. The molecule has 0 atom stereocenters. The van der Waals surface area contributed by atoms with Gasteiger partial charge in [-0.05, 0) is 36.8 Å². The number of nitrogens with zero attached hydrogens (tertiary/aromatic N) is 2. The number of rotatable bonds is 4. The fraction of sp³-hybridized carbons (Fsp3) is 0.273. The second-order valence-electron chi connectivity index (χ2n) is 6.96. The highest BCUT2D eigenvalue weighted by molar-refractivity contribution is 5.93. The monoisotopic (exact) mass is 345 g/mol. The van der Waals surface area contributed by atoms with Crippen molar-refractivity contribution < 1.29 is 4.79 Å². The van der Waals surface area contributed by atoms with Crippen LogP contribution >= 0.6 is 0 Å². The van der Waals surface area contributed by atoms with Gasteiger partial charge in [0.25, 0.3) is 5.91 Å². The average molecular weight is 345 g/mol. The van der Waals surface area contributed by atoms with Crippen LogP contribution in [-0.4, -0.2) is 34.1 Å². The number of nitrogens with one attached hydrogen (secondary N) is 1. The van der Waals surface area contributed by atoms with Crippen molar-refractivity contribution >= 4 is 5.91 Å². The highest BCUT2D eigenvalue weighted by Crippen LogP contribution is 2.23. The normalized spacial score (nSPS) is 15.2. The molecule has 1 N–H and O–H groups in total. The van der Waals surface area contributed by atoms with E-state index >= 15 is 0 Å². The fourth-order valence-corrected chi connectivity index (χ4v) is 3.65. The summed E-state index contributed by atoms with van der Waals surface area (Å²) < 4.78 is 0. The first-order valence-corrected chi connectivity index (χ1v) is 9.23. The van der Waals surface area contributed by atoms with Gasteiger partial charge in [-0.3, -0.25) is 9.89 Å². The molecule has 1 aliphatic rings. The second kappa shape index (κ2) is 7.56. The molecular weight excluding hydrogens is 322 g/mol. The quantitative estimate of drug-likeness (QED) is 0.771. The Bertz CT molecular complexity index is 849. The summed E-state index contributed by atoms with van der Waals surface area (Å²) in [5.41, 5.74) is 3.79. The molecule has 3 aromatic rings. The topological polar surface area (TPSA) is 49.0 Å². The molecule has 0 spiro atoms. The van der Waals surface area contributed by atoms with Crippen LogP contribution in [0.2, 0.25) is 0 Å². The number of likely N-dealkylation sites (tertiary alicyclic amines) is 1. The number of aromatic nitrogens is 2. The summed E-state index contributed by atoms with van der Waals surface area (Å²) in [7, 11) is 0. The van der Waals surface area contributed by atoms with Gasteiger partial charge in [0, 0.05) is 18.7 Å². The smallest absolute Gasteiger partial charge is 0.271 e. The van der Waals surface area contributed by atoms with Crippen molar-refractivity contribution in [2.24, 2.45) is 5.92 Å². The van der Waals surface area contributed by atoms with Gasteiger partial charge in [0.05, 0.1) is 5.69 Å². The number of hydrogen-bond donors (Lipinski definition) is 1. The van der Waals surface area contributed by atoms with Crippen molar-refractivity contribution in [1.82, 2.24) is 15.1 Å². The predicted octanol–water partition coefficient (Wildman–Crippen LogP) is 4.17. The molecule has 1 aliphatic heterocycles. The second-order valence-corrected chi connectivity index (χ2v) is 6.96. The Kier molecular flexibility index (Phi) is 4.82. The summed E-state index contributed by atoms with van der Waals surface area (Å²) in [5.74, 6) is 0.709. The van der Waals surface area contributed by atoms with Crippen molar-refractivity contribution in [1.29, 1.82) is 0 Å². The molecule has 0 aliphatic carbocycles. The molecule has 1 aromatic heterocycles. The van der Waals surface area contributed by atoms with Gasteiger partial charge in [0.1, 0.15) is 5.69 Å². The minimum Gasteiger partial charge on any atom is -0.337 e. The van der Waals surface area contributed by atoms with Crippen LogP contribution in [0.3, 0.4) is 0 Å². The van der Waals surface area contributed by atoms with Crippen molar-refractivity contribution in [3.8, 4) is 11.3 Å². The third-order valence-corrected chi connectivity index (χ3v) is 5.15. The maximum atomic E-state index is 12.8. The molecule has 0 unspecified atom stereocenters. The van der Waals surface area contributed by atoms with Gasteiger partial charge in [0.2, 0.25) is 0 Å². The van der Waals surface area contributed by atoms with E-state index in [1.54, 1.807) is 0 Å². The Morgan fingerprint density at radius 1 is 1.00 bits per heavy atom. The minimum absolute atomic E-state index is 0.0536. The molecular formula is C22H23N3O. The molecule has 4 heteroatoms. The number of carbonyl (C=O) groups is 1. The molecule has 2 heterocycles. The third kappa shape index (κ3) is 3.69. The standard InChI is InChI=1S/C22H23N3O/c26-22(21-16-20(23-24-21)19-9-5-2-6-10-19)25-13-11-18(12-14-25)15-17-7-3-1-4-8-17/h1-10,16,18H,11-15H2,(H,23,24). The summed E-state index contributed by atoms with van der Waals surface area (Å²) in [6.07, 6.45) is 3.21. The Balaban J connectivity index is 1.36. The molecule has 1 fully saturated rings. The third-order valence-electron chi connectivity index (χ3n) is 5.15. The van der Waals surface area contributed by atoms with E-state index in [4.69, 9.17) is 0 Å². The number of aromatic amines is 1. The zero-order chi connectivity index (χ0) is 17.8. The molecule has 26 heavy (non-hydrogen) atoms. The molecule has 132 valence electrons. The lowest BCUT2D eigenvalue weighted by Gasteiger charge is -2.31. The molecule has 2 aromatic carbocycles. The Morgan fingerprint density at radius 2 is 1.65 bits per heavy atom. The van der Waals surface area contributed by atoms with E-state index in [1.807, 2.05) is 41.3 Å². The van der Waals surface area contributed by atoms with E-state index in [2.05, 4.69) is 40.5 Å². The Labute approximate surface area is 153 Å². The average Bonchev–Trinajstić information content (AvgIpc) is 3.20. The van der Waals surface area contributed by atoms with Gasteiger partial charge in [-0.15, -0.1) is 0 Å². The number of carbonyl (C=O) groups excluding carboxylic acids is 1. The van der Waals surface area contributed by atoms with Gasteiger partial charge < -0.3 is 4.90 Å². The van der Waals surface area contributed by atoms with Gasteiger partial charge in [-0.2, -0.15) is 5.10 Å². The van der Waals surface area contributed by atoms with E-state index in [-0.39, 0.29) is 5.91 Å². The first-order chi connectivity index (χ1) is 12.8. The largest absolute Gasteiger partial charge is 0.337 e. The minimum atomic E-state index is 0.0536. The van der Waals surface area contributed by atoms with E-state index in [0.717, 1.165) is 43.6 Å². The molecule has 1 saturated heterocycles. The Hall–Kier alpha value is -2.88. The summed E-state index contributed by atoms with van der Waals surface area (Å²) in [6, 6.07) is 22.4. The number of hydrogen-bond acceptors (Lipinski definition) is 2. The number of H-pyrrole nitrogens is 1. The van der Waals surface area contributed by atoms with E-state index < -0.39 is 0 Å². The van der Waals surface area contributed by atoms with Crippen LogP contribution in [0.1, 0.15) is 28.9 Å². The Morgan fingerprint density at radius 3 is 2.35 bits per heavy atom. The van der Waals surface area contributed by atoms with Crippen molar-refractivity contribution in [3.05, 3.63) is 78.0 Å².